The van der Waals surface area contributed by atoms with E-state index >= 15 is 0 Å². The maximum Gasteiger partial charge on any atom is 0.241 e. The highest BCUT2D eigenvalue weighted by Crippen LogP contribution is 2.15. The number of nitrogen functional groups attached to an aromatic ring is 2. The molecule has 3 rings (SSSR count). The van der Waals surface area contributed by atoms with Gasteiger partial charge in [0, 0.05) is 32.7 Å². The van der Waals surface area contributed by atoms with Crippen molar-refractivity contribution in [2.24, 2.45) is 0 Å². The SMILES string of the molecule is CN1CCN(Cc2ccc(-n3nc(N)nc3N)cc2)CC1. The van der Waals surface area contributed by atoms with E-state index in [1.165, 1.54) is 5.56 Å². The molecular formula is C14H21N7. The topological polar surface area (TPSA) is 89.2 Å². The average Bonchev–Trinajstić information content (AvgIpc) is 2.81. The lowest BCUT2D eigenvalue weighted by molar-refractivity contribution is 0.148. The first-order chi connectivity index (χ1) is 10.1. The van der Waals surface area contributed by atoms with Crippen molar-refractivity contribution in [1.29, 1.82) is 0 Å². The molecule has 0 bridgehead atoms. The zero-order valence-corrected chi connectivity index (χ0v) is 12.2. The molecule has 0 atom stereocenters. The quantitative estimate of drug-likeness (QED) is 0.837. The van der Waals surface area contributed by atoms with Gasteiger partial charge in [-0.05, 0) is 24.7 Å². The van der Waals surface area contributed by atoms with Crippen LogP contribution in [0.5, 0.6) is 0 Å². The predicted molar refractivity (Wildman–Crippen MR) is 83.0 cm³/mol. The lowest BCUT2D eigenvalue weighted by Gasteiger charge is -2.32. The molecule has 7 nitrogen and oxygen atoms in total. The smallest absolute Gasteiger partial charge is 0.241 e. The van der Waals surface area contributed by atoms with Gasteiger partial charge in [-0.1, -0.05) is 12.1 Å². The van der Waals surface area contributed by atoms with E-state index in [0.717, 1.165) is 38.4 Å². The number of nitrogens with zero attached hydrogens (tertiary/aromatic N) is 5. The van der Waals surface area contributed by atoms with Crippen LogP contribution in [0.15, 0.2) is 24.3 Å². The maximum atomic E-state index is 5.77. The molecule has 2 aromatic rings. The normalized spacial score (nSPS) is 17.2. The summed E-state index contributed by atoms with van der Waals surface area (Å²) < 4.78 is 1.55. The van der Waals surface area contributed by atoms with E-state index < -0.39 is 0 Å². The third-order valence-corrected chi connectivity index (χ3v) is 3.83. The number of piperazine rings is 1. The van der Waals surface area contributed by atoms with E-state index in [9.17, 15) is 0 Å². The molecule has 0 spiro atoms. The standard InChI is InChI=1S/C14H21N7/c1-19-6-8-20(9-7-19)10-11-2-4-12(5-3-11)21-14(16)17-13(15)18-21/h2-5H,6-10H2,1H3,(H4,15,16,17,18). The van der Waals surface area contributed by atoms with Crippen molar-refractivity contribution in [3.63, 3.8) is 0 Å². The fourth-order valence-electron chi connectivity index (χ4n) is 2.54. The van der Waals surface area contributed by atoms with Crippen molar-refractivity contribution in [2.75, 3.05) is 44.7 Å². The Labute approximate surface area is 124 Å². The van der Waals surface area contributed by atoms with Crippen LogP contribution in [0.3, 0.4) is 0 Å². The van der Waals surface area contributed by atoms with Crippen molar-refractivity contribution in [3.8, 4) is 5.69 Å². The molecule has 0 unspecified atom stereocenters. The van der Waals surface area contributed by atoms with Crippen molar-refractivity contribution in [2.45, 2.75) is 6.54 Å². The molecule has 1 fully saturated rings. The zero-order valence-electron chi connectivity index (χ0n) is 12.2. The average molecular weight is 287 g/mol. The Balaban J connectivity index is 1.68. The largest absolute Gasteiger partial charge is 0.368 e. The molecule has 112 valence electrons. The highest BCUT2D eigenvalue weighted by molar-refractivity contribution is 5.41. The summed E-state index contributed by atoms with van der Waals surface area (Å²) in [6.07, 6.45) is 0. The number of likely N-dealkylation sites (N-methyl/N-ethyl adjacent to an activating group) is 1. The predicted octanol–water partition coefficient (Wildman–Crippen LogP) is 0.179. The monoisotopic (exact) mass is 287 g/mol. The summed E-state index contributed by atoms with van der Waals surface area (Å²) in [5.74, 6) is 0.494. The minimum atomic E-state index is 0.189. The van der Waals surface area contributed by atoms with E-state index in [0.29, 0.717) is 5.95 Å². The van der Waals surface area contributed by atoms with Gasteiger partial charge in [-0.2, -0.15) is 9.67 Å². The number of benzene rings is 1. The summed E-state index contributed by atoms with van der Waals surface area (Å²) in [6, 6.07) is 8.20. The van der Waals surface area contributed by atoms with Crippen LogP contribution in [-0.2, 0) is 6.54 Å². The van der Waals surface area contributed by atoms with Gasteiger partial charge in [0.05, 0.1) is 5.69 Å². The zero-order chi connectivity index (χ0) is 14.8. The van der Waals surface area contributed by atoms with E-state index in [4.69, 9.17) is 11.5 Å². The molecule has 1 aromatic heterocycles. The fourth-order valence-corrected chi connectivity index (χ4v) is 2.54. The van der Waals surface area contributed by atoms with Crippen LogP contribution in [0.2, 0.25) is 0 Å². The number of rotatable bonds is 3. The van der Waals surface area contributed by atoms with Gasteiger partial charge in [-0.15, -0.1) is 5.10 Å². The first-order valence-corrected chi connectivity index (χ1v) is 7.10. The van der Waals surface area contributed by atoms with Crippen LogP contribution < -0.4 is 11.5 Å². The molecule has 4 N–H and O–H groups in total. The van der Waals surface area contributed by atoms with Gasteiger partial charge < -0.3 is 16.4 Å². The highest BCUT2D eigenvalue weighted by atomic mass is 15.4. The van der Waals surface area contributed by atoms with Gasteiger partial charge in [0.2, 0.25) is 11.9 Å². The van der Waals surface area contributed by atoms with Crippen LogP contribution in [0, 0.1) is 0 Å². The van der Waals surface area contributed by atoms with Crippen LogP contribution >= 0.6 is 0 Å². The van der Waals surface area contributed by atoms with Crippen molar-refractivity contribution in [1.82, 2.24) is 24.6 Å². The van der Waals surface area contributed by atoms with Gasteiger partial charge in [0.15, 0.2) is 0 Å². The maximum absolute atomic E-state index is 5.77. The van der Waals surface area contributed by atoms with Gasteiger partial charge in [-0.3, -0.25) is 4.90 Å². The Morgan fingerprint density at radius 1 is 1.05 bits per heavy atom. The van der Waals surface area contributed by atoms with Crippen LogP contribution in [0.25, 0.3) is 5.69 Å². The molecule has 7 heteroatoms. The van der Waals surface area contributed by atoms with Crippen molar-refractivity contribution >= 4 is 11.9 Å². The summed E-state index contributed by atoms with van der Waals surface area (Å²) in [5, 5.41) is 4.08. The summed E-state index contributed by atoms with van der Waals surface area (Å²) in [7, 11) is 2.17. The third-order valence-electron chi connectivity index (χ3n) is 3.83. The van der Waals surface area contributed by atoms with Crippen molar-refractivity contribution in [3.05, 3.63) is 29.8 Å². The minimum Gasteiger partial charge on any atom is -0.368 e. The summed E-state index contributed by atoms with van der Waals surface area (Å²) >= 11 is 0. The molecule has 0 radical (unpaired) electrons. The number of hydrogen-bond donors (Lipinski definition) is 2. The van der Waals surface area contributed by atoms with Crippen LogP contribution in [-0.4, -0.2) is 57.8 Å². The van der Waals surface area contributed by atoms with Gasteiger partial charge in [-0.25, -0.2) is 0 Å². The summed E-state index contributed by atoms with van der Waals surface area (Å²) in [5.41, 5.74) is 13.5. The Morgan fingerprint density at radius 2 is 1.71 bits per heavy atom. The van der Waals surface area contributed by atoms with Gasteiger partial charge >= 0.3 is 0 Å². The Kier molecular flexibility index (Phi) is 3.76. The summed E-state index contributed by atoms with van der Waals surface area (Å²) in [6.45, 7) is 5.47. The molecule has 1 saturated heterocycles. The molecule has 0 aliphatic carbocycles. The van der Waals surface area contributed by atoms with E-state index in [-0.39, 0.29) is 5.95 Å². The Morgan fingerprint density at radius 3 is 2.29 bits per heavy atom. The molecule has 0 saturated carbocycles. The second-order valence-electron chi connectivity index (χ2n) is 5.49. The number of aromatic nitrogens is 3. The van der Waals surface area contributed by atoms with Crippen LogP contribution in [0.1, 0.15) is 5.56 Å². The summed E-state index contributed by atoms with van der Waals surface area (Å²) in [4.78, 5) is 8.73. The lowest BCUT2D eigenvalue weighted by atomic mass is 10.2. The highest BCUT2D eigenvalue weighted by Gasteiger charge is 2.14. The number of hydrogen-bond acceptors (Lipinski definition) is 6. The van der Waals surface area contributed by atoms with Gasteiger partial charge in [0.1, 0.15) is 0 Å². The van der Waals surface area contributed by atoms with Gasteiger partial charge in [0.25, 0.3) is 0 Å². The molecule has 2 heterocycles. The van der Waals surface area contributed by atoms with E-state index in [1.807, 2.05) is 12.1 Å². The molecule has 1 aliphatic rings. The van der Waals surface area contributed by atoms with Crippen molar-refractivity contribution < 1.29 is 0 Å². The molecular weight excluding hydrogens is 266 g/mol. The Bertz CT molecular complexity index is 596. The first-order valence-electron chi connectivity index (χ1n) is 7.10. The van der Waals surface area contributed by atoms with E-state index in [1.54, 1.807) is 4.68 Å². The van der Waals surface area contributed by atoms with Crippen LogP contribution in [0.4, 0.5) is 11.9 Å². The second-order valence-corrected chi connectivity index (χ2v) is 5.49. The molecule has 0 amide bonds. The molecule has 21 heavy (non-hydrogen) atoms. The Hall–Kier alpha value is -2.12. The fraction of sp³-hybridized carbons (Fsp3) is 0.429. The minimum absolute atomic E-state index is 0.189. The molecule has 1 aromatic carbocycles. The second kappa shape index (κ2) is 5.71. The number of nitrogens with two attached hydrogens (primary N) is 2. The number of anilines is 2. The lowest BCUT2D eigenvalue weighted by Crippen LogP contribution is -2.43. The molecule has 1 aliphatic heterocycles. The van der Waals surface area contributed by atoms with E-state index in [2.05, 4.69) is 39.1 Å². The first kappa shape index (κ1) is 13.8. The third kappa shape index (κ3) is 3.14.